The largest absolute Gasteiger partial charge is 0.364 e. The van der Waals surface area contributed by atoms with Gasteiger partial charge in [0, 0.05) is 0 Å². The van der Waals surface area contributed by atoms with Gasteiger partial charge in [0.1, 0.15) is 12.1 Å². The first-order valence-electron chi connectivity index (χ1n) is 4.49. The summed E-state index contributed by atoms with van der Waals surface area (Å²) in [6, 6.07) is 3.59. The van der Waals surface area contributed by atoms with Crippen LogP contribution >= 0.6 is 0 Å². The Morgan fingerprint density at radius 2 is 2.27 bits per heavy atom. The Balaban J connectivity index is 2.35. The Kier molecular flexibility index (Phi) is 2.49. The smallest absolute Gasteiger partial charge is 0.255 e. The van der Waals surface area contributed by atoms with Crippen LogP contribution in [0.1, 0.15) is 5.56 Å². The number of nitrogens with one attached hydrogen (secondary N) is 1. The van der Waals surface area contributed by atoms with Gasteiger partial charge in [-0.1, -0.05) is 0 Å². The van der Waals surface area contributed by atoms with Crippen molar-refractivity contribution in [1.82, 2.24) is 14.6 Å². The Labute approximate surface area is 84.9 Å². The number of rotatable bonds is 3. The summed E-state index contributed by atoms with van der Waals surface area (Å²) >= 11 is 0. The molecule has 15 heavy (non-hydrogen) atoms. The summed E-state index contributed by atoms with van der Waals surface area (Å²) < 4.78 is 25.6. The number of anilines is 1. The van der Waals surface area contributed by atoms with Gasteiger partial charge in [0.05, 0.1) is 6.54 Å². The van der Waals surface area contributed by atoms with Crippen molar-refractivity contribution in [3.8, 4) is 0 Å². The molecule has 2 rings (SSSR count). The second-order valence-corrected chi connectivity index (χ2v) is 3.22. The predicted molar refractivity (Wildman–Crippen MR) is 52.2 cm³/mol. The van der Waals surface area contributed by atoms with E-state index in [-0.39, 0.29) is 0 Å². The molecule has 2 aromatic heterocycles. The molecule has 0 spiro atoms. The van der Waals surface area contributed by atoms with Crippen LogP contribution in [0.4, 0.5) is 14.6 Å². The highest BCUT2D eigenvalue weighted by molar-refractivity contribution is 5.51. The third kappa shape index (κ3) is 2.03. The second-order valence-electron chi connectivity index (χ2n) is 3.22. The molecule has 0 atom stereocenters. The van der Waals surface area contributed by atoms with E-state index in [9.17, 15) is 8.78 Å². The van der Waals surface area contributed by atoms with Crippen LogP contribution in [0.2, 0.25) is 0 Å². The average Bonchev–Trinajstić information content (AvgIpc) is 2.61. The zero-order valence-corrected chi connectivity index (χ0v) is 8.11. The molecule has 0 aliphatic rings. The van der Waals surface area contributed by atoms with Crippen molar-refractivity contribution in [2.45, 2.75) is 13.3 Å². The average molecular weight is 212 g/mol. The zero-order valence-electron chi connectivity index (χ0n) is 8.11. The van der Waals surface area contributed by atoms with Gasteiger partial charge in [-0.2, -0.15) is 9.61 Å². The Morgan fingerprint density at radius 3 is 3.00 bits per heavy atom. The van der Waals surface area contributed by atoms with E-state index in [4.69, 9.17) is 0 Å². The number of fused-ring (bicyclic) bond motifs is 1. The summed E-state index contributed by atoms with van der Waals surface area (Å²) in [5.74, 6) is 0.530. The van der Waals surface area contributed by atoms with Crippen molar-refractivity contribution < 1.29 is 8.78 Å². The lowest BCUT2D eigenvalue weighted by atomic mass is 10.3. The Morgan fingerprint density at radius 1 is 1.47 bits per heavy atom. The normalized spacial score (nSPS) is 11.2. The Hall–Kier alpha value is -1.72. The van der Waals surface area contributed by atoms with Gasteiger partial charge in [-0.3, -0.25) is 0 Å². The van der Waals surface area contributed by atoms with Crippen LogP contribution in [-0.2, 0) is 0 Å². The van der Waals surface area contributed by atoms with Crippen LogP contribution < -0.4 is 5.32 Å². The monoisotopic (exact) mass is 212 g/mol. The topological polar surface area (TPSA) is 42.2 Å². The summed E-state index contributed by atoms with van der Waals surface area (Å²) in [5, 5.41) is 6.56. The second kappa shape index (κ2) is 3.80. The molecular formula is C9H10F2N4. The molecule has 0 aliphatic carbocycles. The molecule has 2 heterocycles. The lowest BCUT2D eigenvalue weighted by Crippen LogP contribution is -2.13. The maximum Gasteiger partial charge on any atom is 0.255 e. The molecule has 80 valence electrons. The van der Waals surface area contributed by atoms with Gasteiger partial charge in [0.15, 0.2) is 5.65 Å². The van der Waals surface area contributed by atoms with Crippen LogP contribution in [0.5, 0.6) is 0 Å². The maximum absolute atomic E-state index is 12.0. The molecule has 1 N–H and O–H groups in total. The van der Waals surface area contributed by atoms with Crippen LogP contribution in [0.3, 0.4) is 0 Å². The minimum atomic E-state index is -2.39. The molecule has 0 saturated carbocycles. The molecule has 0 amide bonds. The van der Waals surface area contributed by atoms with E-state index >= 15 is 0 Å². The minimum Gasteiger partial charge on any atom is -0.364 e. The molecule has 0 unspecified atom stereocenters. The Bertz CT molecular complexity index is 466. The van der Waals surface area contributed by atoms with Gasteiger partial charge >= 0.3 is 0 Å². The first-order chi connectivity index (χ1) is 7.16. The van der Waals surface area contributed by atoms with Crippen LogP contribution in [0, 0.1) is 6.92 Å². The molecule has 0 aromatic carbocycles. The number of alkyl halides is 2. The van der Waals surface area contributed by atoms with E-state index < -0.39 is 13.0 Å². The third-order valence-corrected chi connectivity index (χ3v) is 1.96. The minimum absolute atomic E-state index is 0.390. The van der Waals surface area contributed by atoms with E-state index in [0.717, 1.165) is 5.56 Å². The standard InChI is InChI=1S/C9H10F2N4/c1-6-2-8(12-4-7(10)11)15-9(3-6)13-5-14-15/h2-3,5,7,12H,4H2,1H3. The van der Waals surface area contributed by atoms with Crippen molar-refractivity contribution >= 4 is 11.5 Å². The number of aromatic nitrogens is 3. The number of hydrogen-bond donors (Lipinski definition) is 1. The van der Waals surface area contributed by atoms with E-state index in [0.29, 0.717) is 11.5 Å². The summed E-state index contributed by atoms with van der Waals surface area (Å²) in [5.41, 5.74) is 1.60. The first kappa shape index (κ1) is 9.82. The van der Waals surface area contributed by atoms with Gasteiger partial charge in [0.25, 0.3) is 6.43 Å². The van der Waals surface area contributed by atoms with Crippen LogP contribution in [-0.4, -0.2) is 27.6 Å². The number of hydrogen-bond acceptors (Lipinski definition) is 3. The fourth-order valence-electron chi connectivity index (χ4n) is 1.36. The highest BCUT2D eigenvalue weighted by atomic mass is 19.3. The molecule has 0 aliphatic heterocycles. The number of pyridine rings is 1. The summed E-state index contributed by atoms with van der Waals surface area (Å²) in [7, 11) is 0. The van der Waals surface area contributed by atoms with Crippen molar-refractivity contribution in [2.24, 2.45) is 0 Å². The van der Waals surface area contributed by atoms with Crippen LogP contribution in [0.15, 0.2) is 18.5 Å². The highest BCUT2D eigenvalue weighted by Crippen LogP contribution is 2.13. The SMILES string of the molecule is Cc1cc(NCC(F)F)n2ncnc2c1. The first-order valence-corrected chi connectivity index (χ1v) is 4.49. The van der Waals surface area contributed by atoms with Crippen molar-refractivity contribution in [3.63, 3.8) is 0 Å². The van der Waals surface area contributed by atoms with Crippen molar-refractivity contribution in [1.29, 1.82) is 0 Å². The van der Waals surface area contributed by atoms with E-state index in [1.165, 1.54) is 10.8 Å². The zero-order chi connectivity index (χ0) is 10.8. The molecule has 0 radical (unpaired) electrons. The van der Waals surface area contributed by atoms with Crippen LogP contribution in [0.25, 0.3) is 5.65 Å². The van der Waals surface area contributed by atoms with Crippen molar-refractivity contribution in [2.75, 3.05) is 11.9 Å². The van der Waals surface area contributed by atoms with E-state index in [1.807, 2.05) is 13.0 Å². The molecule has 0 fully saturated rings. The molecule has 6 heteroatoms. The fraction of sp³-hybridized carbons (Fsp3) is 0.333. The number of halogens is 2. The number of nitrogens with zero attached hydrogens (tertiary/aromatic N) is 3. The van der Waals surface area contributed by atoms with Gasteiger partial charge < -0.3 is 5.32 Å². The number of aryl methyl sites for hydroxylation is 1. The highest BCUT2D eigenvalue weighted by Gasteiger charge is 2.06. The fourth-order valence-corrected chi connectivity index (χ4v) is 1.36. The lowest BCUT2D eigenvalue weighted by molar-refractivity contribution is 0.163. The van der Waals surface area contributed by atoms with Gasteiger partial charge in [-0.25, -0.2) is 13.8 Å². The van der Waals surface area contributed by atoms with E-state index in [2.05, 4.69) is 15.4 Å². The van der Waals surface area contributed by atoms with E-state index in [1.54, 1.807) is 6.07 Å². The summed E-state index contributed by atoms with van der Waals surface area (Å²) in [6.45, 7) is 1.49. The summed E-state index contributed by atoms with van der Waals surface area (Å²) in [4.78, 5) is 3.99. The molecule has 2 aromatic rings. The predicted octanol–water partition coefficient (Wildman–Crippen LogP) is 1.71. The quantitative estimate of drug-likeness (QED) is 0.842. The van der Waals surface area contributed by atoms with Gasteiger partial charge in [0.2, 0.25) is 0 Å². The lowest BCUT2D eigenvalue weighted by Gasteiger charge is -2.08. The molecule has 0 saturated heterocycles. The third-order valence-electron chi connectivity index (χ3n) is 1.96. The van der Waals surface area contributed by atoms with Gasteiger partial charge in [-0.05, 0) is 24.6 Å². The molecular weight excluding hydrogens is 202 g/mol. The molecule has 0 bridgehead atoms. The molecule has 4 nitrogen and oxygen atoms in total. The van der Waals surface area contributed by atoms with Crippen molar-refractivity contribution in [3.05, 3.63) is 24.0 Å². The van der Waals surface area contributed by atoms with Gasteiger partial charge in [-0.15, -0.1) is 0 Å². The maximum atomic E-state index is 12.0. The summed E-state index contributed by atoms with van der Waals surface area (Å²) in [6.07, 6.45) is -0.994.